The number of hydrogen-bond donors (Lipinski definition) is 1. The summed E-state index contributed by atoms with van der Waals surface area (Å²) in [5, 5.41) is 12.3. The van der Waals surface area contributed by atoms with E-state index in [4.69, 9.17) is 9.72 Å². The van der Waals surface area contributed by atoms with E-state index in [2.05, 4.69) is 64.7 Å². The Hall–Kier alpha value is -4.26. The highest BCUT2D eigenvalue weighted by Gasteiger charge is 2.16. The van der Waals surface area contributed by atoms with Crippen molar-refractivity contribution in [1.29, 1.82) is 0 Å². The average molecular weight is 479 g/mol. The number of fused-ring (bicyclic) bond motifs is 1. The number of aromatic nitrogens is 5. The van der Waals surface area contributed by atoms with Gasteiger partial charge in [-0.05, 0) is 48.2 Å². The monoisotopic (exact) mass is 478 g/mol. The van der Waals surface area contributed by atoms with Crippen LogP contribution in [0.1, 0.15) is 42.3 Å². The van der Waals surface area contributed by atoms with Crippen molar-refractivity contribution in [2.45, 2.75) is 39.7 Å². The first kappa shape index (κ1) is 23.5. The number of rotatable bonds is 9. The maximum absolute atomic E-state index is 5.91. The SMILES string of the molecule is Cc1cncc(-c2cn3c(C(C)C)nnc3c(NCCc3ccc(OCc4ccccc4)cc3)n2)c1. The molecule has 5 rings (SSSR count). The number of anilines is 1. The van der Waals surface area contributed by atoms with Crippen LogP contribution in [0.25, 0.3) is 16.9 Å². The lowest BCUT2D eigenvalue weighted by molar-refractivity contribution is 0.306. The molecule has 0 aliphatic rings. The average Bonchev–Trinajstić information content (AvgIpc) is 3.33. The van der Waals surface area contributed by atoms with Gasteiger partial charge in [0.25, 0.3) is 0 Å². The molecule has 0 unspecified atom stereocenters. The molecule has 0 fully saturated rings. The molecule has 0 spiro atoms. The van der Waals surface area contributed by atoms with Crippen molar-refractivity contribution >= 4 is 11.5 Å². The molecule has 3 aromatic heterocycles. The fourth-order valence-corrected chi connectivity index (χ4v) is 4.08. The molecule has 0 saturated heterocycles. The van der Waals surface area contributed by atoms with Gasteiger partial charge in [0.1, 0.15) is 18.2 Å². The molecule has 3 heterocycles. The highest BCUT2D eigenvalue weighted by molar-refractivity contribution is 5.69. The molecule has 0 radical (unpaired) electrons. The third-order valence-electron chi connectivity index (χ3n) is 5.98. The van der Waals surface area contributed by atoms with Gasteiger partial charge < -0.3 is 10.1 Å². The van der Waals surface area contributed by atoms with E-state index in [-0.39, 0.29) is 5.92 Å². The van der Waals surface area contributed by atoms with E-state index in [1.807, 2.05) is 60.2 Å². The highest BCUT2D eigenvalue weighted by atomic mass is 16.5. The van der Waals surface area contributed by atoms with Gasteiger partial charge in [0.05, 0.1) is 5.69 Å². The van der Waals surface area contributed by atoms with Gasteiger partial charge in [0, 0.05) is 36.6 Å². The summed E-state index contributed by atoms with van der Waals surface area (Å²) in [7, 11) is 0. The van der Waals surface area contributed by atoms with E-state index < -0.39 is 0 Å². The van der Waals surface area contributed by atoms with Crippen LogP contribution < -0.4 is 10.1 Å². The Morgan fingerprint density at radius 2 is 1.75 bits per heavy atom. The minimum absolute atomic E-state index is 0.237. The Balaban J connectivity index is 1.29. The summed E-state index contributed by atoms with van der Waals surface area (Å²) in [4.78, 5) is 9.23. The molecule has 5 aromatic rings. The second-order valence-corrected chi connectivity index (χ2v) is 9.23. The first-order valence-corrected chi connectivity index (χ1v) is 12.2. The van der Waals surface area contributed by atoms with Gasteiger partial charge in [-0.2, -0.15) is 0 Å². The normalized spacial score (nSPS) is 11.2. The fraction of sp³-hybridized carbons (Fsp3) is 0.241. The van der Waals surface area contributed by atoms with Crippen LogP contribution in [0.3, 0.4) is 0 Å². The van der Waals surface area contributed by atoms with Crippen LogP contribution in [0.15, 0.2) is 79.3 Å². The van der Waals surface area contributed by atoms with Gasteiger partial charge in [-0.15, -0.1) is 10.2 Å². The number of benzene rings is 2. The Morgan fingerprint density at radius 3 is 2.50 bits per heavy atom. The minimum atomic E-state index is 0.237. The molecule has 1 N–H and O–H groups in total. The summed E-state index contributed by atoms with van der Waals surface area (Å²) in [6, 6.07) is 20.5. The van der Waals surface area contributed by atoms with E-state index in [0.29, 0.717) is 13.2 Å². The molecule has 2 aromatic carbocycles. The molecule has 182 valence electrons. The molecule has 7 heteroatoms. The minimum Gasteiger partial charge on any atom is -0.489 e. The van der Waals surface area contributed by atoms with E-state index in [1.54, 1.807) is 0 Å². The molecule has 0 saturated carbocycles. The van der Waals surface area contributed by atoms with Crippen LogP contribution in [0, 0.1) is 6.92 Å². The fourth-order valence-electron chi connectivity index (χ4n) is 4.08. The van der Waals surface area contributed by atoms with Crippen LogP contribution in [-0.4, -0.2) is 31.1 Å². The lowest BCUT2D eigenvalue weighted by Gasteiger charge is -2.12. The van der Waals surface area contributed by atoms with Crippen molar-refractivity contribution in [3.8, 4) is 17.0 Å². The molecule has 0 amide bonds. The van der Waals surface area contributed by atoms with Crippen molar-refractivity contribution in [2.75, 3.05) is 11.9 Å². The molecular formula is C29H30N6O. The number of ether oxygens (including phenoxy) is 1. The van der Waals surface area contributed by atoms with Crippen molar-refractivity contribution in [3.05, 3.63) is 102 Å². The zero-order valence-corrected chi connectivity index (χ0v) is 20.8. The van der Waals surface area contributed by atoms with Crippen molar-refractivity contribution < 1.29 is 4.74 Å². The van der Waals surface area contributed by atoms with Crippen LogP contribution in [0.2, 0.25) is 0 Å². The summed E-state index contributed by atoms with van der Waals surface area (Å²) in [6.07, 6.45) is 6.53. The van der Waals surface area contributed by atoms with Gasteiger partial charge >= 0.3 is 0 Å². The van der Waals surface area contributed by atoms with Crippen LogP contribution in [-0.2, 0) is 13.0 Å². The number of nitrogens with one attached hydrogen (secondary N) is 1. The second kappa shape index (κ2) is 10.6. The third kappa shape index (κ3) is 5.35. The maximum atomic E-state index is 5.91. The molecule has 7 nitrogen and oxygen atoms in total. The quantitative estimate of drug-likeness (QED) is 0.286. The van der Waals surface area contributed by atoms with Crippen LogP contribution in [0.4, 0.5) is 5.82 Å². The maximum Gasteiger partial charge on any atom is 0.203 e. The Morgan fingerprint density at radius 1 is 0.944 bits per heavy atom. The van der Waals surface area contributed by atoms with Gasteiger partial charge in [0.2, 0.25) is 5.65 Å². The lowest BCUT2D eigenvalue weighted by Crippen LogP contribution is -2.09. The molecular weight excluding hydrogens is 448 g/mol. The zero-order chi connectivity index (χ0) is 24.9. The summed E-state index contributed by atoms with van der Waals surface area (Å²) < 4.78 is 7.94. The largest absolute Gasteiger partial charge is 0.489 e. The van der Waals surface area contributed by atoms with Crippen molar-refractivity contribution in [2.24, 2.45) is 0 Å². The van der Waals surface area contributed by atoms with E-state index >= 15 is 0 Å². The van der Waals surface area contributed by atoms with Gasteiger partial charge in [0.15, 0.2) is 5.82 Å². The summed E-state index contributed by atoms with van der Waals surface area (Å²) in [6.45, 7) is 7.54. The van der Waals surface area contributed by atoms with Crippen LogP contribution >= 0.6 is 0 Å². The van der Waals surface area contributed by atoms with Gasteiger partial charge in [-0.3, -0.25) is 9.38 Å². The molecule has 0 bridgehead atoms. The summed E-state index contributed by atoms with van der Waals surface area (Å²) in [5.41, 5.74) is 5.99. The lowest BCUT2D eigenvalue weighted by atomic mass is 10.1. The standard InChI is InChI=1S/C29H30N6O/c1-20(2)28-33-34-29-27(32-26(18-35(28)29)24-15-21(3)16-30-17-24)31-14-13-22-9-11-25(12-10-22)36-19-23-7-5-4-6-8-23/h4-12,15-18,20H,13-14,19H2,1-3H3,(H,31,32). The Kier molecular flexibility index (Phi) is 6.89. The predicted molar refractivity (Wildman–Crippen MR) is 142 cm³/mol. The van der Waals surface area contributed by atoms with Crippen LogP contribution in [0.5, 0.6) is 5.75 Å². The number of nitrogens with zero attached hydrogens (tertiary/aromatic N) is 5. The summed E-state index contributed by atoms with van der Waals surface area (Å²) in [5.74, 6) is 2.73. The van der Waals surface area contributed by atoms with E-state index in [0.717, 1.165) is 51.8 Å². The number of aryl methyl sites for hydroxylation is 1. The zero-order valence-electron chi connectivity index (χ0n) is 20.8. The Bertz CT molecular complexity index is 1440. The topological polar surface area (TPSA) is 77.2 Å². The summed E-state index contributed by atoms with van der Waals surface area (Å²) >= 11 is 0. The molecule has 0 aliphatic carbocycles. The van der Waals surface area contributed by atoms with Crippen molar-refractivity contribution in [1.82, 2.24) is 24.6 Å². The predicted octanol–water partition coefficient (Wildman–Crippen LogP) is 5.85. The molecule has 0 atom stereocenters. The smallest absolute Gasteiger partial charge is 0.203 e. The second-order valence-electron chi connectivity index (χ2n) is 9.23. The Labute approximate surface area is 211 Å². The number of hydrogen-bond acceptors (Lipinski definition) is 6. The highest BCUT2D eigenvalue weighted by Crippen LogP contribution is 2.25. The van der Waals surface area contributed by atoms with Gasteiger partial charge in [-0.1, -0.05) is 56.3 Å². The van der Waals surface area contributed by atoms with E-state index in [1.165, 1.54) is 5.56 Å². The third-order valence-corrected chi connectivity index (χ3v) is 5.98. The van der Waals surface area contributed by atoms with Crippen molar-refractivity contribution in [3.63, 3.8) is 0 Å². The first-order chi connectivity index (χ1) is 17.6. The number of pyridine rings is 1. The van der Waals surface area contributed by atoms with Gasteiger partial charge in [-0.25, -0.2) is 4.98 Å². The first-order valence-electron chi connectivity index (χ1n) is 12.2. The molecule has 0 aliphatic heterocycles. The van der Waals surface area contributed by atoms with E-state index in [9.17, 15) is 0 Å². The molecule has 36 heavy (non-hydrogen) atoms.